The van der Waals surface area contributed by atoms with Crippen LogP contribution in [-0.2, 0) is 19.7 Å². The summed E-state index contributed by atoms with van der Waals surface area (Å²) in [7, 11) is 0. The summed E-state index contributed by atoms with van der Waals surface area (Å²) in [4.78, 5) is 11.1. The van der Waals surface area contributed by atoms with E-state index in [4.69, 9.17) is 5.11 Å². The Labute approximate surface area is 140 Å². The third-order valence-electron chi connectivity index (χ3n) is 4.07. The summed E-state index contributed by atoms with van der Waals surface area (Å²) in [6, 6.07) is 0. The smallest absolute Gasteiger partial charge is 0.187 e. The van der Waals surface area contributed by atoms with Crippen molar-refractivity contribution in [1.82, 2.24) is 29.9 Å². The van der Waals surface area contributed by atoms with Gasteiger partial charge >= 0.3 is 0 Å². The molecule has 0 amide bonds. The molecule has 1 aliphatic heterocycles. The van der Waals surface area contributed by atoms with Crippen LogP contribution < -0.4 is 0 Å². The van der Waals surface area contributed by atoms with Gasteiger partial charge in [-0.15, -0.1) is 5.10 Å². The molecule has 0 spiro atoms. The summed E-state index contributed by atoms with van der Waals surface area (Å²) in [6.45, 7) is 3.84. The zero-order valence-electron chi connectivity index (χ0n) is 13.3. The number of aromatic nitrogens is 5. The van der Waals surface area contributed by atoms with Crippen LogP contribution in [0.3, 0.4) is 0 Å². The molecule has 8 heteroatoms. The largest absolute Gasteiger partial charge is 0.390 e. The third-order valence-corrected chi connectivity index (χ3v) is 4.64. The molecular formula is C15H22N6OS. The van der Waals surface area contributed by atoms with E-state index in [1.54, 1.807) is 11.8 Å². The third kappa shape index (κ3) is 4.49. The highest BCUT2D eigenvalue weighted by molar-refractivity contribution is 7.98. The highest BCUT2D eigenvalue weighted by Crippen LogP contribution is 2.20. The molecule has 0 bridgehead atoms. The van der Waals surface area contributed by atoms with Gasteiger partial charge in [-0.25, -0.2) is 9.97 Å². The maximum Gasteiger partial charge on any atom is 0.187 e. The average Bonchev–Trinajstić information content (AvgIpc) is 3.03. The first-order chi connectivity index (χ1) is 11.3. The Morgan fingerprint density at radius 2 is 2.17 bits per heavy atom. The standard InChI is InChI=1S/C15H22N6OS/c1-23-15-16-5-13(6-17-15)8-20-4-2-3-12(7-20)9-21-10-14(11-22)18-19-21/h5-6,10,12,22H,2-4,7-9,11H2,1H3. The molecule has 2 aromatic heterocycles. The molecular weight excluding hydrogens is 312 g/mol. The SMILES string of the molecule is CSc1ncc(CN2CCCC(Cn3cc(CO)nn3)C2)cn1. The first kappa shape index (κ1) is 16.4. The van der Waals surface area contributed by atoms with Gasteiger partial charge in [-0.05, 0) is 31.6 Å². The first-order valence-corrected chi connectivity index (χ1v) is 9.06. The molecule has 124 valence electrons. The monoisotopic (exact) mass is 334 g/mol. The Balaban J connectivity index is 1.54. The quantitative estimate of drug-likeness (QED) is 0.628. The number of nitrogens with zero attached hydrogens (tertiary/aromatic N) is 6. The van der Waals surface area contributed by atoms with Crippen molar-refractivity contribution in [2.24, 2.45) is 5.92 Å². The number of piperidine rings is 1. The fraction of sp³-hybridized carbons (Fsp3) is 0.600. The zero-order valence-corrected chi connectivity index (χ0v) is 14.1. The van der Waals surface area contributed by atoms with E-state index in [1.807, 2.05) is 29.5 Å². The highest BCUT2D eigenvalue weighted by atomic mass is 32.2. The van der Waals surface area contributed by atoms with E-state index in [9.17, 15) is 0 Å². The van der Waals surface area contributed by atoms with Crippen LogP contribution >= 0.6 is 11.8 Å². The van der Waals surface area contributed by atoms with Crippen molar-refractivity contribution in [3.05, 3.63) is 29.8 Å². The summed E-state index contributed by atoms with van der Waals surface area (Å²) in [6.07, 6.45) is 10.0. The fourth-order valence-corrected chi connectivity index (χ4v) is 3.31. The lowest BCUT2D eigenvalue weighted by Gasteiger charge is -2.32. The summed E-state index contributed by atoms with van der Waals surface area (Å²) in [5, 5.41) is 17.9. The van der Waals surface area contributed by atoms with Crippen molar-refractivity contribution in [2.45, 2.75) is 37.7 Å². The van der Waals surface area contributed by atoms with Crippen LogP contribution in [0.15, 0.2) is 23.7 Å². The van der Waals surface area contributed by atoms with Crippen molar-refractivity contribution in [3.63, 3.8) is 0 Å². The van der Waals surface area contributed by atoms with Crippen molar-refractivity contribution in [3.8, 4) is 0 Å². The minimum absolute atomic E-state index is 0.0527. The van der Waals surface area contributed by atoms with E-state index in [1.165, 1.54) is 12.8 Å². The molecule has 3 heterocycles. The predicted molar refractivity (Wildman–Crippen MR) is 87.8 cm³/mol. The molecule has 1 fully saturated rings. The molecule has 23 heavy (non-hydrogen) atoms. The molecule has 1 aliphatic rings. The summed E-state index contributed by atoms with van der Waals surface area (Å²) in [5.41, 5.74) is 1.79. The topological polar surface area (TPSA) is 80.0 Å². The molecule has 1 N–H and O–H groups in total. The molecule has 0 aromatic carbocycles. The van der Waals surface area contributed by atoms with Crippen molar-refractivity contribution < 1.29 is 5.11 Å². The van der Waals surface area contributed by atoms with Crippen LogP contribution in [0.25, 0.3) is 0 Å². The fourth-order valence-electron chi connectivity index (χ4n) is 3.00. The minimum atomic E-state index is -0.0527. The van der Waals surface area contributed by atoms with Crippen molar-refractivity contribution >= 4 is 11.8 Å². The molecule has 7 nitrogen and oxygen atoms in total. The minimum Gasteiger partial charge on any atom is -0.390 e. The summed E-state index contributed by atoms with van der Waals surface area (Å²) in [5.74, 6) is 0.559. The molecule has 1 atom stereocenters. The van der Waals surface area contributed by atoms with Crippen LogP contribution in [0.1, 0.15) is 24.1 Å². The van der Waals surface area contributed by atoms with Crippen LogP contribution in [0.5, 0.6) is 0 Å². The van der Waals surface area contributed by atoms with Crippen LogP contribution in [0.4, 0.5) is 0 Å². The second-order valence-corrected chi connectivity index (χ2v) is 6.68. The number of hydrogen-bond acceptors (Lipinski definition) is 7. The van der Waals surface area contributed by atoms with E-state index in [-0.39, 0.29) is 6.61 Å². The van der Waals surface area contributed by atoms with E-state index in [0.717, 1.165) is 36.9 Å². The summed E-state index contributed by atoms with van der Waals surface area (Å²) < 4.78 is 1.84. The van der Waals surface area contributed by atoms with E-state index >= 15 is 0 Å². The number of aliphatic hydroxyl groups excluding tert-OH is 1. The number of likely N-dealkylation sites (tertiary alicyclic amines) is 1. The average molecular weight is 334 g/mol. The Hall–Kier alpha value is -1.51. The molecule has 1 saturated heterocycles. The van der Waals surface area contributed by atoms with E-state index in [2.05, 4.69) is 25.2 Å². The van der Waals surface area contributed by atoms with Gasteiger partial charge in [0.15, 0.2) is 5.16 Å². The number of thioether (sulfide) groups is 1. The van der Waals surface area contributed by atoms with Gasteiger partial charge in [-0.2, -0.15) is 0 Å². The molecule has 0 radical (unpaired) electrons. The van der Waals surface area contributed by atoms with E-state index in [0.29, 0.717) is 11.6 Å². The highest BCUT2D eigenvalue weighted by Gasteiger charge is 2.21. The lowest BCUT2D eigenvalue weighted by Crippen LogP contribution is -2.36. The number of hydrogen-bond donors (Lipinski definition) is 1. The molecule has 2 aromatic rings. The number of aliphatic hydroxyl groups is 1. The van der Waals surface area contributed by atoms with Gasteiger partial charge in [0.05, 0.1) is 12.8 Å². The lowest BCUT2D eigenvalue weighted by molar-refractivity contribution is 0.152. The van der Waals surface area contributed by atoms with Gasteiger partial charge in [0.25, 0.3) is 0 Å². The lowest BCUT2D eigenvalue weighted by atomic mass is 9.98. The van der Waals surface area contributed by atoms with Gasteiger partial charge in [0.2, 0.25) is 0 Å². The Morgan fingerprint density at radius 1 is 1.35 bits per heavy atom. The van der Waals surface area contributed by atoms with E-state index < -0.39 is 0 Å². The second kappa shape index (κ2) is 7.85. The first-order valence-electron chi connectivity index (χ1n) is 7.84. The molecule has 3 rings (SSSR count). The van der Waals surface area contributed by atoms with Gasteiger partial charge in [-0.1, -0.05) is 17.0 Å². The molecule has 0 saturated carbocycles. The summed E-state index contributed by atoms with van der Waals surface area (Å²) >= 11 is 1.56. The maximum atomic E-state index is 9.06. The van der Waals surface area contributed by atoms with Gasteiger partial charge < -0.3 is 5.11 Å². The second-order valence-electron chi connectivity index (χ2n) is 5.91. The Kier molecular flexibility index (Phi) is 5.58. The maximum absolute atomic E-state index is 9.06. The van der Waals surface area contributed by atoms with Crippen LogP contribution in [-0.4, -0.2) is 54.3 Å². The normalized spacial score (nSPS) is 19.1. The van der Waals surface area contributed by atoms with Crippen LogP contribution in [0.2, 0.25) is 0 Å². The predicted octanol–water partition coefficient (Wildman–Crippen LogP) is 1.19. The van der Waals surface area contributed by atoms with Gasteiger partial charge in [0.1, 0.15) is 5.69 Å². The van der Waals surface area contributed by atoms with Crippen molar-refractivity contribution in [1.29, 1.82) is 0 Å². The molecule has 1 unspecified atom stereocenters. The zero-order chi connectivity index (χ0) is 16.1. The Morgan fingerprint density at radius 3 is 2.87 bits per heavy atom. The number of rotatable bonds is 6. The van der Waals surface area contributed by atoms with Gasteiger partial charge in [0, 0.05) is 37.6 Å². The van der Waals surface area contributed by atoms with Crippen molar-refractivity contribution in [2.75, 3.05) is 19.3 Å². The molecule has 0 aliphatic carbocycles. The van der Waals surface area contributed by atoms with Crippen LogP contribution in [0, 0.1) is 5.92 Å². The Bertz CT molecular complexity index is 617. The van der Waals surface area contributed by atoms with Gasteiger partial charge in [-0.3, -0.25) is 9.58 Å².